The molecule has 0 aliphatic rings. The molecule has 0 bridgehead atoms. The van der Waals surface area contributed by atoms with Crippen LogP contribution in [-0.2, 0) is 10.1 Å². The first-order valence-corrected chi connectivity index (χ1v) is 10.6. The maximum absolute atomic E-state index is 12.3. The van der Waals surface area contributed by atoms with E-state index < -0.39 is 16.1 Å². The predicted molar refractivity (Wildman–Crippen MR) is 102 cm³/mol. The average molecular weight is 640 g/mol. The van der Waals surface area contributed by atoms with Gasteiger partial charge in [0.15, 0.2) is 0 Å². The van der Waals surface area contributed by atoms with Gasteiger partial charge in [0, 0.05) is 13.4 Å². The Morgan fingerprint density at radius 3 is 2.13 bits per heavy atom. The van der Waals surface area contributed by atoms with E-state index in [4.69, 9.17) is 4.74 Å². The van der Waals surface area contributed by atoms with Gasteiger partial charge in [-0.3, -0.25) is 0 Å². The van der Waals surface area contributed by atoms with Gasteiger partial charge in [0.2, 0.25) is 0 Å². The van der Waals surface area contributed by atoms with Crippen molar-refractivity contribution >= 4 is 86.5 Å². The lowest BCUT2D eigenvalue weighted by atomic mass is 10.2. The van der Waals surface area contributed by atoms with Gasteiger partial charge in [0.25, 0.3) is 0 Å². The van der Waals surface area contributed by atoms with Crippen molar-refractivity contribution in [3.05, 3.63) is 52.9 Å². The standard InChI is InChI=1S/C13H6Br3IO5S/c14-6-3-8(15)12(9(16)4-6)13(18)22-11-2-1-7(5-10(11)17)23(19,20)21/h1-5H,(H,19,20,21)/p-1. The second kappa shape index (κ2) is 7.48. The minimum Gasteiger partial charge on any atom is -0.744 e. The summed E-state index contributed by atoms with van der Waals surface area (Å²) in [6.07, 6.45) is 0. The fourth-order valence-corrected chi connectivity index (χ4v) is 5.52. The zero-order valence-corrected chi connectivity index (χ0v) is 18.6. The van der Waals surface area contributed by atoms with Crippen molar-refractivity contribution in [2.45, 2.75) is 4.90 Å². The summed E-state index contributed by atoms with van der Waals surface area (Å²) in [4.78, 5) is 11.9. The van der Waals surface area contributed by atoms with Crippen LogP contribution in [0.5, 0.6) is 5.75 Å². The summed E-state index contributed by atoms with van der Waals surface area (Å²) in [6.45, 7) is 0. The Morgan fingerprint density at radius 2 is 1.65 bits per heavy atom. The van der Waals surface area contributed by atoms with Crippen molar-refractivity contribution < 1.29 is 22.5 Å². The van der Waals surface area contributed by atoms with Crippen molar-refractivity contribution in [3.8, 4) is 5.75 Å². The second-order valence-electron chi connectivity index (χ2n) is 4.18. The van der Waals surface area contributed by atoms with Crippen molar-refractivity contribution in [2.75, 3.05) is 0 Å². The first kappa shape index (κ1) is 19.3. The molecule has 0 spiro atoms. The highest BCUT2D eigenvalue weighted by molar-refractivity contribution is 14.1. The Kier molecular flexibility index (Phi) is 6.28. The van der Waals surface area contributed by atoms with E-state index in [0.29, 0.717) is 12.5 Å². The van der Waals surface area contributed by atoms with Crippen LogP contribution in [0.15, 0.2) is 48.6 Å². The van der Waals surface area contributed by atoms with E-state index in [-0.39, 0.29) is 16.2 Å². The van der Waals surface area contributed by atoms with Gasteiger partial charge in [-0.2, -0.15) is 0 Å². The molecule has 2 rings (SSSR count). The lowest BCUT2D eigenvalue weighted by Crippen LogP contribution is -2.11. The van der Waals surface area contributed by atoms with Gasteiger partial charge >= 0.3 is 5.97 Å². The number of rotatable bonds is 3. The van der Waals surface area contributed by atoms with Crippen LogP contribution in [0.25, 0.3) is 0 Å². The third-order valence-electron chi connectivity index (χ3n) is 2.61. The molecule has 0 saturated heterocycles. The summed E-state index contributed by atoms with van der Waals surface area (Å²) in [7, 11) is -4.56. The molecule has 2 aromatic carbocycles. The Labute approximate surface area is 171 Å². The van der Waals surface area contributed by atoms with Crippen LogP contribution in [0, 0.1) is 3.57 Å². The molecule has 0 atom stereocenters. The highest BCUT2D eigenvalue weighted by Crippen LogP contribution is 2.32. The molecule has 10 heteroatoms. The molecule has 0 unspecified atom stereocenters. The summed E-state index contributed by atoms with van der Waals surface area (Å²) in [5.74, 6) is -0.475. The second-order valence-corrected chi connectivity index (χ2v) is 9.35. The maximum Gasteiger partial charge on any atom is 0.345 e. The lowest BCUT2D eigenvalue weighted by Gasteiger charge is -2.12. The largest absolute Gasteiger partial charge is 0.744 e. The van der Waals surface area contributed by atoms with Gasteiger partial charge in [0.1, 0.15) is 15.9 Å². The molecule has 0 radical (unpaired) electrons. The van der Waals surface area contributed by atoms with Crippen LogP contribution in [0.2, 0.25) is 0 Å². The smallest absolute Gasteiger partial charge is 0.345 e. The monoisotopic (exact) mass is 637 g/mol. The topological polar surface area (TPSA) is 83.5 Å². The van der Waals surface area contributed by atoms with Crippen LogP contribution < -0.4 is 4.74 Å². The van der Waals surface area contributed by atoms with Gasteiger partial charge in [-0.25, -0.2) is 13.2 Å². The first-order valence-electron chi connectivity index (χ1n) is 5.72. The normalized spacial score (nSPS) is 11.3. The van der Waals surface area contributed by atoms with Crippen LogP contribution in [-0.4, -0.2) is 18.9 Å². The average Bonchev–Trinajstić information content (AvgIpc) is 2.38. The Balaban J connectivity index is 2.35. The van der Waals surface area contributed by atoms with Gasteiger partial charge < -0.3 is 9.29 Å². The van der Waals surface area contributed by atoms with Crippen LogP contribution in [0.3, 0.4) is 0 Å². The van der Waals surface area contributed by atoms with Crippen LogP contribution in [0.4, 0.5) is 0 Å². The Morgan fingerprint density at radius 1 is 1.09 bits per heavy atom. The van der Waals surface area contributed by atoms with E-state index >= 15 is 0 Å². The molecular weight excluding hydrogens is 635 g/mol. The Bertz CT molecular complexity index is 875. The molecule has 23 heavy (non-hydrogen) atoms. The summed E-state index contributed by atoms with van der Waals surface area (Å²) in [6, 6.07) is 6.90. The number of hydrogen-bond acceptors (Lipinski definition) is 5. The number of ether oxygens (including phenoxy) is 1. The minimum atomic E-state index is -4.56. The summed E-state index contributed by atoms with van der Waals surface area (Å²) >= 11 is 11.7. The van der Waals surface area contributed by atoms with E-state index in [1.165, 1.54) is 6.07 Å². The number of benzene rings is 2. The molecule has 0 fully saturated rings. The highest BCUT2D eigenvalue weighted by Gasteiger charge is 2.19. The van der Waals surface area contributed by atoms with E-state index in [1.54, 1.807) is 34.7 Å². The molecule has 122 valence electrons. The molecule has 0 heterocycles. The van der Waals surface area contributed by atoms with Crippen molar-refractivity contribution in [1.29, 1.82) is 0 Å². The van der Waals surface area contributed by atoms with E-state index in [2.05, 4.69) is 47.8 Å². The van der Waals surface area contributed by atoms with Gasteiger partial charge in [0.05, 0.1) is 14.0 Å². The van der Waals surface area contributed by atoms with Crippen LogP contribution in [0.1, 0.15) is 10.4 Å². The molecule has 0 saturated carbocycles. The van der Waals surface area contributed by atoms with Gasteiger partial charge in [-0.15, -0.1) is 0 Å². The molecule has 2 aromatic rings. The molecule has 0 aliphatic heterocycles. The number of carbonyl (C=O) groups is 1. The number of hydrogen-bond donors (Lipinski definition) is 0. The molecular formula is C13H5Br3IO5S-. The van der Waals surface area contributed by atoms with Gasteiger partial charge in [-0.05, 0) is 84.8 Å². The zero-order valence-electron chi connectivity index (χ0n) is 10.8. The minimum absolute atomic E-state index is 0.157. The Hall–Kier alpha value is -0.0100. The van der Waals surface area contributed by atoms with E-state index in [1.807, 2.05) is 0 Å². The fourth-order valence-electron chi connectivity index (χ4n) is 1.61. The molecule has 0 aromatic heterocycles. The summed E-state index contributed by atoms with van der Waals surface area (Å²) in [5, 5.41) is 0. The lowest BCUT2D eigenvalue weighted by molar-refractivity contribution is 0.0731. The fraction of sp³-hybridized carbons (Fsp3) is 0. The highest BCUT2D eigenvalue weighted by atomic mass is 127. The van der Waals surface area contributed by atoms with Crippen LogP contribution >= 0.6 is 70.4 Å². The van der Waals surface area contributed by atoms with Crippen molar-refractivity contribution in [1.82, 2.24) is 0 Å². The summed E-state index contributed by atoms with van der Waals surface area (Å²) in [5.41, 5.74) is 0.282. The number of esters is 1. The van der Waals surface area contributed by atoms with E-state index in [0.717, 1.165) is 16.6 Å². The molecule has 5 nitrogen and oxygen atoms in total. The van der Waals surface area contributed by atoms with Crippen molar-refractivity contribution in [2.24, 2.45) is 0 Å². The first-order chi connectivity index (χ1) is 10.6. The maximum atomic E-state index is 12.3. The van der Waals surface area contributed by atoms with E-state index in [9.17, 15) is 17.8 Å². The molecule has 0 amide bonds. The van der Waals surface area contributed by atoms with Crippen molar-refractivity contribution in [3.63, 3.8) is 0 Å². The molecule has 0 aliphatic carbocycles. The number of carbonyl (C=O) groups excluding carboxylic acids is 1. The quantitative estimate of drug-likeness (QED) is 0.211. The predicted octanol–water partition coefficient (Wildman–Crippen LogP) is 4.70. The third kappa shape index (κ3) is 4.75. The molecule has 0 N–H and O–H groups in total. The zero-order chi connectivity index (χ0) is 17.4. The number of halogens is 4. The SMILES string of the molecule is O=C(Oc1ccc(S(=O)(=O)[O-])cc1I)c1c(Br)cc(Br)cc1Br. The van der Waals surface area contributed by atoms with Gasteiger partial charge in [-0.1, -0.05) is 15.9 Å². The summed E-state index contributed by atoms with van der Waals surface area (Å²) < 4.78 is 40.4. The third-order valence-corrected chi connectivity index (χ3v) is 5.99.